The van der Waals surface area contributed by atoms with Crippen LogP contribution < -0.4 is 10.1 Å². The minimum atomic E-state index is -0.173. The second kappa shape index (κ2) is 9.08. The molecule has 4 rings (SSSR count). The fourth-order valence-corrected chi connectivity index (χ4v) is 5.38. The molecule has 1 N–H and O–H groups in total. The largest absolute Gasteiger partial charge is 0.484 e. The lowest BCUT2D eigenvalue weighted by Crippen LogP contribution is -2.14. The van der Waals surface area contributed by atoms with Crippen molar-refractivity contribution in [1.29, 1.82) is 5.26 Å². The van der Waals surface area contributed by atoms with E-state index >= 15 is 0 Å². The van der Waals surface area contributed by atoms with Crippen molar-refractivity contribution in [3.05, 3.63) is 51.1 Å². The maximum atomic E-state index is 12.4. The van der Waals surface area contributed by atoms with Gasteiger partial charge in [0.2, 0.25) is 5.91 Å². The molecular weight excluding hydrogens is 442 g/mol. The number of nitrogens with one attached hydrogen (secondary N) is 1. The number of hydrogen-bond acceptors (Lipinski definition) is 7. The molecule has 1 aliphatic carbocycles. The highest BCUT2D eigenvalue weighted by Crippen LogP contribution is 2.38. The molecule has 154 valence electrons. The summed E-state index contributed by atoms with van der Waals surface area (Å²) in [6.07, 6.45) is 2.98. The molecule has 0 fully saturated rings. The van der Waals surface area contributed by atoms with Gasteiger partial charge in [0, 0.05) is 11.9 Å². The Kier molecular flexibility index (Phi) is 6.27. The van der Waals surface area contributed by atoms with E-state index in [1.165, 1.54) is 28.0 Å². The van der Waals surface area contributed by atoms with Gasteiger partial charge in [-0.2, -0.15) is 5.26 Å². The van der Waals surface area contributed by atoms with Gasteiger partial charge < -0.3 is 14.6 Å². The number of hydrogen-bond donors (Lipinski definition) is 1. The van der Waals surface area contributed by atoms with Crippen LogP contribution in [0.4, 0.5) is 5.00 Å². The highest BCUT2D eigenvalue weighted by atomic mass is 35.5. The molecule has 1 amide bonds. The molecule has 0 saturated carbocycles. The van der Waals surface area contributed by atoms with Gasteiger partial charge in [0.15, 0.2) is 11.0 Å². The molecule has 0 aliphatic heterocycles. The lowest BCUT2D eigenvalue weighted by molar-refractivity contribution is -0.113. The Bertz CT molecular complexity index is 1130. The number of para-hydroxylation sites is 1. The Labute approximate surface area is 187 Å². The fraction of sp³-hybridized carbons (Fsp3) is 0.300. The van der Waals surface area contributed by atoms with E-state index in [0.717, 1.165) is 24.8 Å². The van der Waals surface area contributed by atoms with Crippen LogP contribution in [0, 0.1) is 11.3 Å². The van der Waals surface area contributed by atoms with Crippen LogP contribution >= 0.6 is 34.7 Å². The quantitative estimate of drug-likeness (QED) is 0.532. The van der Waals surface area contributed by atoms with Gasteiger partial charge in [-0.05, 0) is 37.0 Å². The number of thioether (sulfide) groups is 1. The maximum absolute atomic E-state index is 12.4. The Balaban J connectivity index is 1.34. The standard InChI is InChI=1S/C20H18ClN5O2S2/c1-26-17(10-28-15-7-3-2-6-14(15)21)24-25-20(26)29-11-18(27)23-19-13(9-22)12-5-4-8-16(12)30-19/h2-3,6-7H,4-5,8,10-11H2,1H3,(H,23,27). The average molecular weight is 460 g/mol. The number of halogens is 1. The number of ether oxygens (including phenoxy) is 1. The summed E-state index contributed by atoms with van der Waals surface area (Å²) in [5.41, 5.74) is 1.71. The number of fused-ring (bicyclic) bond motifs is 1. The molecule has 2 heterocycles. The Morgan fingerprint density at radius 3 is 3.03 bits per heavy atom. The number of amides is 1. The van der Waals surface area contributed by atoms with Crippen molar-refractivity contribution in [1.82, 2.24) is 14.8 Å². The van der Waals surface area contributed by atoms with Crippen molar-refractivity contribution >= 4 is 45.6 Å². The van der Waals surface area contributed by atoms with Crippen LogP contribution in [-0.2, 0) is 31.3 Å². The number of thiophene rings is 1. The highest BCUT2D eigenvalue weighted by molar-refractivity contribution is 7.99. The summed E-state index contributed by atoms with van der Waals surface area (Å²) >= 11 is 8.89. The van der Waals surface area contributed by atoms with Crippen molar-refractivity contribution < 1.29 is 9.53 Å². The molecule has 10 heteroatoms. The van der Waals surface area contributed by atoms with Crippen molar-refractivity contribution in [3.63, 3.8) is 0 Å². The summed E-state index contributed by atoms with van der Waals surface area (Å²) in [6.45, 7) is 0.215. The zero-order chi connectivity index (χ0) is 21.1. The smallest absolute Gasteiger partial charge is 0.235 e. The van der Waals surface area contributed by atoms with Gasteiger partial charge >= 0.3 is 0 Å². The van der Waals surface area contributed by atoms with Crippen LogP contribution in [0.1, 0.15) is 28.2 Å². The number of carbonyl (C=O) groups excluding carboxylic acids is 1. The topological polar surface area (TPSA) is 92.8 Å². The van der Waals surface area contributed by atoms with Crippen LogP contribution in [0.15, 0.2) is 29.4 Å². The minimum Gasteiger partial charge on any atom is -0.484 e. The zero-order valence-corrected chi connectivity index (χ0v) is 18.5. The second-order valence-electron chi connectivity index (χ2n) is 6.69. The molecule has 0 spiro atoms. The number of benzene rings is 1. The molecular formula is C20H18ClN5O2S2. The molecule has 0 radical (unpaired) electrons. The van der Waals surface area contributed by atoms with Crippen LogP contribution in [0.3, 0.4) is 0 Å². The molecule has 0 unspecified atom stereocenters. The van der Waals surface area contributed by atoms with Gasteiger partial charge in [0.05, 0.1) is 16.3 Å². The number of nitrogens with zero attached hydrogens (tertiary/aromatic N) is 4. The van der Waals surface area contributed by atoms with Crippen molar-refractivity contribution in [2.24, 2.45) is 7.05 Å². The van der Waals surface area contributed by atoms with Crippen molar-refractivity contribution in [2.75, 3.05) is 11.1 Å². The summed E-state index contributed by atoms with van der Waals surface area (Å²) in [4.78, 5) is 13.6. The van der Waals surface area contributed by atoms with Gasteiger partial charge in [-0.25, -0.2) is 0 Å². The van der Waals surface area contributed by atoms with Crippen LogP contribution in [0.5, 0.6) is 5.75 Å². The van der Waals surface area contributed by atoms with E-state index in [0.29, 0.717) is 32.3 Å². The van der Waals surface area contributed by atoms with E-state index in [9.17, 15) is 10.1 Å². The van der Waals surface area contributed by atoms with Crippen molar-refractivity contribution in [2.45, 2.75) is 31.0 Å². The minimum absolute atomic E-state index is 0.171. The predicted molar refractivity (Wildman–Crippen MR) is 117 cm³/mol. The van der Waals surface area contributed by atoms with E-state index < -0.39 is 0 Å². The lowest BCUT2D eigenvalue weighted by atomic mass is 10.1. The molecule has 7 nitrogen and oxygen atoms in total. The van der Waals surface area contributed by atoms with E-state index in [1.807, 2.05) is 19.2 Å². The first-order valence-electron chi connectivity index (χ1n) is 9.29. The zero-order valence-electron chi connectivity index (χ0n) is 16.1. The number of aromatic nitrogens is 3. The molecule has 3 aromatic rings. The summed E-state index contributed by atoms with van der Waals surface area (Å²) in [5.74, 6) is 1.20. The first kappa shape index (κ1) is 20.7. The van der Waals surface area contributed by atoms with E-state index in [-0.39, 0.29) is 18.3 Å². The van der Waals surface area contributed by atoms with Gasteiger partial charge in [-0.3, -0.25) is 4.79 Å². The summed E-state index contributed by atoms with van der Waals surface area (Å²) < 4.78 is 7.49. The Hall–Kier alpha value is -2.54. The predicted octanol–water partition coefficient (Wildman–Crippen LogP) is 4.20. The summed E-state index contributed by atoms with van der Waals surface area (Å²) in [6, 6.07) is 9.46. The third kappa shape index (κ3) is 4.31. The number of anilines is 1. The average Bonchev–Trinajstić information content (AvgIpc) is 3.41. The van der Waals surface area contributed by atoms with E-state index in [4.69, 9.17) is 16.3 Å². The molecule has 30 heavy (non-hydrogen) atoms. The monoisotopic (exact) mass is 459 g/mol. The fourth-order valence-electron chi connectivity index (χ4n) is 3.20. The first-order chi connectivity index (χ1) is 14.6. The second-order valence-corrected chi connectivity index (χ2v) is 9.14. The van der Waals surface area contributed by atoms with E-state index in [2.05, 4.69) is 21.6 Å². The van der Waals surface area contributed by atoms with Crippen LogP contribution in [-0.4, -0.2) is 26.4 Å². The number of carbonyl (C=O) groups is 1. The van der Waals surface area contributed by atoms with Crippen LogP contribution in [0.2, 0.25) is 5.02 Å². The molecule has 0 saturated heterocycles. The third-order valence-corrected chi connectivity index (χ3v) is 7.28. The van der Waals surface area contributed by atoms with Crippen LogP contribution in [0.25, 0.3) is 0 Å². The molecule has 0 bridgehead atoms. The Morgan fingerprint density at radius 2 is 2.23 bits per heavy atom. The number of aryl methyl sites for hydroxylation is 1. The molecule has 1 aliphatic rings. The molecule has 2 aromatic heterocycles. The summed E-state index contributed by atoms with van der Waals surface area (Å²) in [7, 11) is 1.82. The first-order valence-corrected chi connectivity index (χ1v) is 11.5. The normalized spacial score (nSPS) is 12.4. The third-order valence-electron chi connectivity index (χ3n) is 4.74. The van der Waals surface area contributed by atoms with Gasteiger partial charge in [-0.1, -0.05) is 35.5 Å². The van der Waals surface area contributed by atoms with Gasteiger partial charge in [0.25, 0.3) is 0 Å². The SMILES string of the molecule is Cn1c(COc2ccccc2Cl)nnc1SCC(=O)Nc1sc2c(c1C#N)CCC2. The number of rotatable bonds is 7. The number of nitriles is 1. The lowest BCUT2D eigenvalue weighted by Gasteiger charge is -2.08. The van der Waals surface area contributed by atoms with Crippen molar-refractivity contribution in [3.8, 4) is 11.8 Å². The van der Waals surface area contributed by atoms with Gasteiger partial charge in [0.1, 0.15) is 23.4 Å². The van der Waals surface area contributed by atoms with Gasteiger partial charge in [-0.15, -0.1) is 21.5 Å². The highest BCUT2D eigenvalue weighted by Gasteiger charge is 2.23. The maximum Gasteiger partial charge on any atom is 0.235 e. The molecule has 0 atom stereocenters. The Morgan fingerprint density at radius 1 is 1.40 bits per heavy atom. The van der Waals surface area contributed by atoms with E-state index in [1.54, 1.807) is 16.7 Å². The molecule has 1 aromatic carbocycles. The summed E-state index contributed by atoms with van der Waals surface area (Å²) in [5, 5.41) is 22.4.